The molecule has 0 saturated carbocycles. The van der Waals surface area contributed by atoms with Crippen molar-refractivity contribution in [1.82, 2.24) is 10.2 Å². The molecule has 0 bridgehead atoms. The Hall–Kier alpha value is -1.26. The van der Waals surface area contributed by atoms with Gasteiger partial charge in [-0.3, -0.25) is 0 Å². The molecule has 0 saturated heterocycles. The lowest BCUT2D eigenvalue weighted by molar-refractivity contribution is 0.326. The highest BCUT2D eigenvalue weighted by Crippen LogP contribution is 2.26. The molecule has 4 nitrogen and oxygen atoms in total. The van der Waals surface area contributed by atoms with Crippen molar-refractivity contribution in [3.63, 3.8) is 0 Å². The zero-order valence-corrected chi connectivity index (χ0v) is 10.2. The summed E-state index contributed by atoms with van der Waals surface area (Å²) in [7, 11) is 5.57. The zero-order chi connectivity index (χ0) is 12.0. The molecule has 0 unspecified atom stereocenters. The van der Waals surface area contributed by atoms with E-state index < -0.39 is 0 Å². The summed E-state index contributed by atoms with van der Waals surface area (Å²) in [5.74, 6) is 0.712. The van der Waals surface area contributed by atoms with E-state index in [1.165, 1.54) is 0 Å². The Morgan fingerprint density at radius 1 is 1.44 bits per heavy atom. The number of hydrogen-bond donors (Lipinski definition) is 2. The van der Waals surface area contributed by atoms with Crippen molar-refractivity contribution < 1.29 is 9.84 Å². The van der Waals surface area contributed by atoms with Crippen LogP contribution in [-0.2, 0) is 6.54 Å². The van der Waals surface area contributed by atoms with Gasteiger partial charge in [0.1, 0.15) is 0 Å². The molecule has 0 fully saturated rings. The SMILES string of the molecule is CNCCN(C)Cc1ccc(O)c(OC)c1. The molecule has 0 aromatic heterocycles. The highest BCUT2D eigenvalue weighted by Gasteiger charge is 2.04. The van der Waals surface area contributed by atoms with Crippen LogP contribution < -0.4 is 10.1 Å². The van der Waals surface area contributed by atoms with Gasteiger partial charge in [-0.1, -0.05) is 6.07 Å². The van der Waals surface area contributed by atoms with E-state index >= 15 is 0 Å². The normalized spacial score (nSPS) is 10.8. The van der Waals surface area contributed by atoms with Gasteiger partial charge in [0.15, 0.2) is 11.5 Å². The summed E-state index contributed by atoms with van der Waals surface area (Å²) in [5, 5.41) is 12.6. The van der Waals surface area contributed by atoms with Gasteiger partial charge in [0.25, 0.3) is 0 Å². The molecule has 16 heavy (non-hydrogen) atoms. The van der Waals surface area contributed by atoms with Crippen molar-refractivity contribution in [1.29, 1.82) is 0 Å². The van der Waals surface area contributed by atoms with Crippen LogP contribution in [0.4, 0.5) is 0 Å². The molecule has 1 rings (SSSR count). The number of ether oxygens (including phenoxy) is 1. The van der Waals surface area contributed by atoms with Crippen LogP contribution in [0.15, 0.2) is 18.2 Å². The topological polar surface area (TPSA) is 44.7 Å². The van der Waals surface area contributed by atoms with E-state index in [0.717, 1.165) is 25.2 Å². The third kappa shape index (κ3) is 3.72. The maximum absolute atomic E-state index is 9.46. The van der Waals surface area contributed by atoms with E-state index in [2.05, 4.69) is 17.3 Å². The van der Waals surface area contributed by atoms with Gasteiger partial charge in [-0.05, 0) is 31.8 Å². The van der Waals surface area contributed by atoms with Crippen LogP contribution in [0, 0.1) is 0 Å². The number of rotatable bonds is 6. The van der Waals surface area contributed by atoms with Crippen LogP contribution >= 0.6 is 0 Å². The number of benzene rings is 1. The molecule has 0 amide bonds. The van der Waals surface area contributed by atoms with Crippen LogP contribution in [0.1, 0.15) is 5.56 Å². The average Bonchev–Trinajstić information content (AvgIpc) is 2.29. The first-order valence-corrected chi connectivity index (χ1v) is 5.36. The molecule has 0 atom stereocenters. The number of methoxy groups -OCH3 is 1. The Bertz CT molecular complexity index is 329. The van der Waals surface area contributed by atoms with Gasteiger partial charge in [-0.15, -0.1) is 0 Å². The van der Waals surface area contributed by atoms with Crippen molar-refractivity contribution in [2.24, 2.45) is 0 Å². The van der Waals surface area contributed by atoms with E-state index in [1.54, 1.807) is 13.2 Å². The van der Waals surface area contributed by atoms with Crippen molar-refractivity contribution in [2.75, 3.05) is 34.3 Å². The minimum atomic E-state index is 0.184. The fraction of sp³-hybridized carbons (Fsp3) is 0.500. The minimum Gasteiger partial charge on any atom is -0.504 e. The van der Waals surface area contributed by atoms with E-state index in [1.807, 2.05) is 19.2 Å². The summed E-state index contributed by atoms with van der Waals surface area (Å²) >= 11 is 0. The van der Waals surface area contributed by atoms with Crippen LogP contribution in [0.25, 0.3) is 0 Å². The number of nitrogens with one attached hydrogen (secondary N) is 1. The van der Waals surface area contributed by atoms with Gasteiger partial charge >= 0.3 is 0 Å². The lowest BCUT2D eigenvalue weighted by atomic mass is 10.2. The summed E-state index contributed by atoms with van der Waals surface area (Å²) in [6, 6.07) is 5.44. The molecule has 0 aliphatic rings. The second-order valence-electron chi connectivity index (χ2n) is 3.85. The smallest absolute Gasteiger partial charge is 0.160 e. The molecule has 0 heterocycles. The summed E-state index contributed by atoms with van der Waals surface area (Å²) in [6.45, 7) is 2.80. The average molecular weight is 224 g/mol. The van der Waals surface area contributed by atoms with Gasteiger partial charge in [0.2, 0.25) is 0 Å². The predicted octanol–water partition coefficient (Wildman–Crippen LogP) is 1.05. The maximum atomic E-state index is 9.46. The number of phenolic OH excluding ortho intramolecular Hbond substituents is 1. The second kappa shape index (κ2) is 6.35. The molecular formula is C12H20N2O2. The van der Waals surface area contributed by atoms with Crippen molar-refractivity contribution in [2.45, 2.75) is 6.54 Å². The number of phenols is 1. The molecule has 0 aliphatic heterocycles. The fourth-order valence-corrected chi connectivity index (χ4v) is 1.51. The monoisotopic (exact) mass is 224 g/mol. The summed E-state index contributed by atoms with van der Waals surface area (Å²) in [5.41, 5.74) is 1.13. The molecule has 1 aromatic rings. The van der Waals surface area contributed by atoms with Crippen LogP contribution in [0.2, 0.25) is 0 Å². The third-order valence-electron chi connectivity index (χ3n) is 2.44. The Labute approximate surface area is 96.8 Å². The molecule has 90 valence electrons. The molecule has 1 aromatic carbocycles. The number of nitrogens with zero attached hydrogens (tertiary/aromatic N) is 1. The first kappa shape index (κ1) is 12.8. The van der Waals surface area contributed by atoms with Crippen molar-refractivity contribution in [3.8, 4) is 11.5 Å². The third-order valence-corrected chi connectivity index (χ3v) is 2.44. The van der Waals surface area contributed by atoms with Crippen LogP contribution in [0.3, 0.4) is 0 Å². The summed E-state index contributed by atoms with van der Waals surface area (Å²) in [4.78, 5) is 2.21. The van der Waals surface area contributed by atoms with Crippen molar-refractivity contribution >= 4 is 0 Å². The highest BCUT2D eigenvalue weighted by atomic mass is 16.5. The van der Waals surface area contributed by atoms with Gasteiger partial charge in [-0.2, -0.15) is 0 Å². The summed E-state index contributed by atoms with van der Waals surface area (Å²) < 4.78 is 5.07. The zero-order valence-electron chi connectivity index (χ0n) is 10.2. The standard InChI is InChI=1S/C12H20N2O2/c1-13-6-7-14(2)9-10-4-5-11(15)12(8-10)16-3/h4-5,8,13,15H,6-7,9H2,1-3H3. The number of likely N-dealkylation sites (N-methyl/N-ethyl adjacent to an activating group) is 2. The van der Waals surface area contributed by atoms with Gasteiger partial charge in [0.05, 0.1) is 7.11 Å². The highest BCUT2D eigenvalue weighted by molar-refractivity contribution is 5.41. The van der Waals surface area contributed by atoms with Gasteiger partial charge in [0, 0.05) is 19.6 Å². The van der Waals surface area contributed by atoms with Crippen LogP contribution in [0.5, 0.6) is 11.5 Å². The molecule has 0 aliphatic carbocycles. The first-order valence-electron chi connectivity index (χ1n) is 5.36. The lowest BCUT2D eigenvalue weighted by Crippen LogP contribution is -2.26. The molecule has 4 heteroatoms. The van der Waals surface area contributed by atoms with E-state index in [-0.39, 0.29) is 5.75 Å². The first-order chi connectivity index (χ1) is 7.67. The van der Waals surface area contributed by atoms with Crippen LogP contribution in [-0.4, -0.2) is 44.3 Å². The Balaban J connectivity index is 2.59. The Morgan fingerprint density at radius 2 is 2.19 bits per heavy atom. The number of hydrogen-bond acceptors (Lipinski definition) is 4. The fourth-order valence-electron chi connectivity index (χ4n) is 1.51. The molecule has 0 spiro atoms. The molecule has 2 N–H and O–H groups in total. The van der Waals surface area contributed by atoms with Crippen molar-refractivity contribution in [3.05, 3.63) is 23.8 Å². The van der Waals surface area contributed by atoms with E-state index in [4.69, 9.17) is 4.74 Å². The maximum Gasteiger partial charge on any atom is 0.160 e. The number of aromatic hydroxyl groups is 1. The second-order valence-corrected chi connectivity index (χ2v) is 3.85. The predicted molar refractivity (Wildman–Crippen MR) is 64.9 cm³/mol. The molecule has 0 radical (unpaired) electrons. The lowest BCUT2D eigenvalue weighted by Gasteiger charge is -2.16. The quantitative estimate of drug-likeness (QED) is 0.758. The minimum absolute atomic E-state index is 0.184. The largest absolute Gasteiger partial charge is 0.504 e. The summed E-state index contributed by atoms with van der Waals surface area (Å²) in [6.07, 6.45) is 0. The van der Waals surface area contributed by atoms with Gasteiger partial charge < -0.3 is 20.1 Å². The van der Waals surface area contributed by atoms with E-state index in [9.17, 15) is 5.11 Å². The molecular weight excluding hydrogens is 204 g/mol. The van der Waals surface area contributed by atoms with Gasteiger partial charge in [-0.25, -0.2) is 0 Å². The van der Waals surface area contributed by atoms with E-state index in [0.29, 0.717) is 5.75 Å². The Kier molecular flexibility index (Phi) is 5.08. The Morgan fingerprint density at radius 3 is 2.81 bits per heavy atom.